The highest BCUT2D eigenvalue weighted by molar-refractivity contribution is 8.02. The largest absolute Gasteiger partial charge is 0.478 e. The number of imidazole rings is 1. The Balaban J connectivity index is 1.56. The third-order valence-electron chi connectivity index (χ3n) is 6.47. The Morgan fingerprint density at radius 2 is 2.00 bits per heavy atom. The van der Waals surface area contributed by atoms with Crippen LogP contribution >= 0.6 is 11.8 Å². The minimum atomic E-state index is -1.02. The molecule has 4 aromatic rings. The van der Waals surface area contributed by atoms with Crippen LogP contribution in [0.3, 0.4) is 0 Å². The molecule has 0 atom stereocenters. The van der Waals surface area contributed by atoms with Gasteiger partial charge in [0.2, 0.25) is 5.88 Å². The molecule has 212 valence electrons. The van der Waals surface area contributed by atoms with E-state index in [1.165, 1.54) is 12.1 Å². The van der Waals surface area contributed by atoms with Crippen LogP contribution in [0.2, 0.25) is 0 Å². The second-order valence-electron chi connectivity index (χ2n) is 9.26. The molecule has 0 bridgehead atoms. The first kappa shape index (κ1) is 29.8. The summed E-state index contributed by atoms with van der Waals surface area (Å²) in [6, 6.07) is 15.2. The molecule has 0 unspecified atom stereocenters. The fourth-order valence-corrected chi connectivity index (χ4v) is 4.96. The van der Waals surface area contributed by atoms with E-state index in [1.807, 2.05) is 48.1 Å². The van der Waals surface area contributed by atoms with Crippen LogP contribution in [0.1, 0.15) is 28.7 Å². The predicted octanol–water partition coefficient (Wildman–Crippen LogP) is 6.93. The number of methoxy groups -OCH3 is 1. The van der Waals surface area contributed by atoms with Crippen molar-refractivity contribution in [3.8, 4) is 17.1 Å². The summed E-state index contributed by atoms with van der Waals surface area (Å²) < 4.78 is 28.4. The lowest BCUT2D eigenvalue weighted by atomic mass is 10.1. The lowest BCUT2D eigenvalue weighted by molar-refractivity contribution is 0.0697. The Kier molecular flexibility index (Phi) is 10.1. The molecule has 0 aliphatic rings. The average Bonchev–Trinajstić information content (AvgIpc) is 3.32. The maximum Gasteiger partial charge on any atom is 0.335 e. The highest BCUT2D eigenvalue weighted by atomic mass is 32.2. The van der Waals surface area contributed by atoms with Crippen LogP contribution in [0.4, 0.5) is 4.39 Å². The minimum absolute atomic E-state index is 0.164. The van der Waals surface area contributed by atoms with Gasteiger partial charge >= 0.3 is 5.97 Å². The average molecular weight is 574 g/mol. The number of allylic oxidation sites excluding steroid dienone is 3. The van der Waals surface area contributed by atoms with E-state index in [1.54, 1.807) is 49.2 Å². The zero-order valence-electron chi connectivity index (χ0n) is 23.3. The van der Waals surface area contributed by atoms with E-state index < -0.39 is 5.97 Å². The van der Waals surface area contributed by atoms with Crippen molar-refractivity contribution in [3.63, 3.8) is 0 Å². The number of carbonyl (C=O) groups is 1. The van der Waals surface area contributed by atoms with Crippen molar-refractivity contribution in [2.75, 3.05) is 26.6 Å². The van der Waals surface area contributed by atoms with Gasteiger partial charge in [-0.15, -0.1) is 11.8 Å². The Bertz CT molecular complexity index is 1630. The Morgan fingerprint density at radius 1 is 1.17 bits per heavy atom. The maximum absolute atomic E-state index is 15.4. The van der Waals surface area contributed by atoms with E-state index in [4.69, 9.17) is 9.47 Å². The van der Waals surface area contributed by atoms with E-state index in [-0.39, 0.29) is 17.8 Å². The topological polar surface area (TPSA) is 86.5 Å². The van der Waals surface area contributed by atoms with Gasteiger partial charge in [-0.3, -0.25) is 0 Å². The fourth-order valence-electron chi connectivity index (χ4n) is 4.34. The van der Waals surface area contributed by atoms with Gasteiger partial charge in [0, 0.05) is 36.6 Å². The lowest BCUT2D eigenvalue weighted by Crippen LogP contribution is -2.10. The van der Waals surface area contributed by atoms with Crippen molar-refractivity contribution in [1.29, 1.82) is 0 Å². The van der Waals surface area contributed by atoms with Gasteiger partial charge in [0.1, 0.15) is 18.2 Å². The molecule has 9 heteroatoms. The van der Waals surface area contributed by atoms with Crippen LogP contribution < -0.4 is 4.74 Å². The number of benzene rings is 2. The molecule has 2 aromatic carbocycles. The molecule has 41 heavy (non-hydrogen) atoms. The van der Waals surface area contributed by atoms with Gasteiger partial charge in [-0.2, -0.15) is 0 Å². The van der Waals surface area contributed by atoms with Crippen molar-refractivity contribution in [2.24, 2.45) is 0 Å². The molecule has 0 saturated heterocycles. The molecule has 0 saturated carbocycles. The van der Waals surface area contributed by atoms with Crippen molar-refractivity contribution in [2.45, 2.75) is 19.9 Å². The Hall–Kier alpha value is -4.21. The van der Waals surface area contributed by atoms with Gasteiger partial charge in [-0.25, -0.2) is 19.2 Å². The summed E-state index contributed by atoms with van der Waals surface area (Å²) in [5, 5.41) is 9.42. The van der Waals surface area contributed by atoms with Crippen molar-refractivity contribution >= 4 is 28.8 Å². The molecule has 0 aliphatic heterocycles. The monoisotopic (exact) mass is 573 g/mol. The van der Waals surface area contributed by atoms with E-state index in [2.05, 4.69) is 16.5 Å². The molecular formula is C32H32FN3O4S. The molecule has 0 amide bonds. The molecule has 2 aromatic heterocycles. The first-order valence-corrected chi connectivity index (χ1v) is 14.2. The standard InChI is InChI=1S/C32H32FN3O4S/c1-5-6-9-29(41-4)21(2)20-40-31-10-7-8-26(35-31)23-12-11-22(25(33)17-23)19-30-34-27-14-13-24(32(37)38)18-28(27)36(30)15-16-39-3/h5-14,17-18H,1,15-16,19-20H2,2-4H3,(H,37,38)/b9-6-,29-21-. The number of halogens is 1. The number of aromatic nitrogens is 3. The SMILES string of the molecule is C=C/C=C\C(SC)=C(/C)COc1cccc(-c2ccc(Cc3nc4ccc(C(=O)O)cc4n3CCOC)c(F)c2)n1. The number of rotatable bonds is 13. The molecule has 0 spiro atoms. The fraction of sp³-hybridized carbons (Fsp3) is 0.219. The molecule has 0 aliphatic carbocycles. The zero-order valence-corrected chi connectivity index (χ0v) is 24.1. The number of fused-ring (bicyclic) bond motifs is 1. The number of nitrogens with zero attached hydrogens (tertiary/aromatic N) is 3. The molecule has 0 fully saturated rings. The van der Waals surface area contributed by atoms with Crippen molar-refractivity contribution in [1.82, 2.24) is 14.5 Å². The van der Waals surface area contributed by atoms with Gasteiger partial charge < -0.3 is 19.1 Å². The summed E-state index contributed by atoms with van der Waals surface area (Å²) in [6.45, 7) is 6.95. The van der Waals surface area contributed by atoms with Crippen LogP contribution in [0.25, 0.3) is 22.3 Å². The van der Waals surface area contributed by atoms with E-state index in [0.29, 0.717) is 59.3 Å². The van der Waals surface area contributed by atoms with Crippen LogP contribution in [0.5, 0.6) is 5.88 Å². The lowest BCUT2D eigenvalue weighted by Gasteiger charge is -2.11. The first-order valence-electron chi connectivity index (χ1n) is 13.0. The van der Waals surface area contributed by atoms with Crippen molar-refractivity contribution < 1.29 is 23.8 Å². The van der Waals surface area contributed by atoms with Gasteiger partial charge in [0.15, 0.2) is 0 Å². The number of pyridine rings is 1. The smallest absolute Gasteiger partial charge is 0.335 e. The number of aromatic carboxylic acids is 1. The minimum Gasteiger partial charge on any atom is -0.478 e. The quantitative estimate of drug-likeness (QED) is 0.174. The molecule has 4 rings (SSSR count). The van der Waals surface area contributed by atoms with E-state index in [9.17, 15) is 9.90 Å². The highest BCUT2D eigenvalue weighted by Crippen LogP contribution is 2.26. The number of ether oxygens (including phenoxy) is 2. The third-order valence-corrected chi connectivity index (χ3v) is 7.40. The predicted molar refractivity (Wildman–Crippen MR) is 162 cm³/mol. The summed E-state index contributed by atoms with van der Waals surface area (Å²) in [4.78, 5) is 21.8. The van der Waals surface area contributed by atoms with Crippen LogP contribution in [0.15, 0.2) is 89.9 Å². The third kappa shape index (κ3) is 7.31. The van der Waals surface area contributed by atoms with Crippen molar-refractivity contribution in [3.05, 3.63) is 113 Å². The van der Waals surface area contributed by atoms with Gasteiger partial charge in [-0.05, 0) is 60.7 Å². The maximum atomic E-state index is 15.4. The normalized spacial score (nSPS) is 12.1. The second-order valence-corrected chi connectivity index (χ2v) is 10.1. The number of hydrogen-bond acceptors (Lipinski definition) is 6. The highest BCUT2D eigenvalue weighted by Gasteiger charge is 2.16. The number of carboxylic acid groups (broad SMARTS) is 1. The summed E-state index contributed by atoms with van der Waals surface area (Å²) in [5.41, 5.74) is 4.23. The van der Waals surface area contributed by atoms with E-state index in [0.717, 1.165) is 10.5 Å². The molecule has 2 heterocycles. The number of carboxylic acids is 1. The van der Waals surface area contributed by atoms with Crippen LogP contribution in [0, 0.1) is 5.82 Å². The van der Waals surface area contributed by atoms with Crippen LogP contribution in [-0.4, -0.2) is 52.2 Å². The Labute approximate surface area is 243 Å². The first-order chi connectivity index (χ1) is 19.8. The number of hydrogen-bond donors (Lipinski definition) is 1. The number of thioether (sulfide) groups is 1. The van der Waals surface area contributed by atoms with E-state index >= 15 is 4.39 Å². The van der Waals surface area contributed by atoms with Crippen LogP contribution in [-0.2, 0) is 17.7 Å². The van der Waals surface area contributed by atoms with Gasteiger partial charge in [0.25, 0.3) is 0 Å². The summed E-state index contributed by atoms with van der Waals surface area (Å²) in [6.07, 6.45) is 7.84. The molecule has 7 nitrogen and oxygen atoms in total. The summed E-state index contributed by atoms with van der Waals surface area (Å²) >= 11 is 1.63. The zero-order chi connectivity index (χ0) is 29.4. The van der Waals surface area contributed by atoms with Gasteiger partial charge in [0.05, 0.1) is 28.9 Å². The molecule has 1 N–H and O–H groups in total. The Morgan fingerprint density at radius 3 is 2.71 bits per heavy atom. The summed E-state index contributed by atoms with van der Waals surface area (Å²) in [7, 11) is 1.59. The summed E-state index contributed by atoms with van der Waals surface area (Å²) in [5.74, 6) is -0.331. The van der Waals surface area contributed by atoms with Gasteiger partial charge in [-0.1, -0.05) is 36.9 Å². The second kappa shape index (κ2) is 13.9. The molecular weight excluding hydrogens is 541 g/mol. The molecule has 0 radical (unpaired) electrons.